The largest absolute Gasteiger partial charge is 0.478 e. The fourth-order valence-corrected chi connectivity index (χ4v) is 10.8. The second-order valence-electron chi connectivity index (χ2n) is 18.1. The van der Waals surface area contributed by atoms with Crippen LogP contribution in [0.5, 0.6) is 0 Å². The van der Waals surface area contributed by atoms with Gasteiger partial charge in [-0.05, 0) is 155 Å². The molecule has 6 heterocycles. The quantitative estimate of drug-likeness (QED) is 0.0336. The zero-order valence-corrected chi connectivity index (χ0v) is 53.6. The molecule has 0 aliphatic rings. The molecule has 1 amide bonds. The van der Waals surface area contributed by atoms with E-state index in [1.54, 1.807) is 39.2 Å². The van der Waals surface area contributed by atoms with E-state index in [-0.39, 0.29) is 22.2 Å². The highest BCUT2D eigenvalue weighted by atomic mass is 32.2. The lowest BCUT2D eigenvalue weighted by Crippen LogP contribution is -2.40. The van der Waals surface area contributed by atoms with E-state index in [4.69, 9.17) is 35.4 Å². The Hall–Kier alpha value is -8.29. The Morgan fingerprint density at radius 3 is 1.24 bits per heavy atom. The lowest BCUT2D eigenvalue weighted by Gasteiger charge is -2.13. The number of aryl methyl sites for hydroxylation is 4. The highest BCUT2D eigenvalue weighted by Gasteiger charge is 2.21. The Morgan fingerprint density at radius 2 is 0.884 bits per heavy atom. The number of benzene rings is 4. The van der Waals surface area contributed by atoms with Crippen molar-refractivity contribution in [3.63, 3.8) is 0 Å². The lowest BCUT2D eigenvalue weighted by molar-refractivity contribution is 0.0697. The van der Waals surface area contributed by atoms with Gasteiger partial charge in [0.25, 0.3) is 5.91 Å². The number of hydrogen-bond acceptors (Lipinski definition) is 22. The van der Waals surface area contributed by atoms with Gasteiger partial charge in [0.05, 0.1) is 55.3 Å². The van der Waals surface area contributed by atoms with Crippen molar-refractivity contribution in [2.45, 2.75) is 59.7 Å². The lowest BCUT2D eigenvalue weighted by atomic mass is 10.0. The number of nitrogens with zero attached hydrogens (tertiary/aromatic N) is 3. The van der Waals surface area contributed by atoms with Crippen molar-refractivity contribution < 1.29 is 14.7 Å². The van der Waals surface area contributed by atoms with Gasteiger partial charge < -0.3 is 50.4 Å². The summed E-state index contributed by atoms with van der Waals surface area (Å²) in [6, 6.07) is 7.02. The Kier molecular flexibility index (Phi) is 22.3. The third-order valence-electron chi connectivity index (χ3n) is 12.8. The van der Waals surface area contributed by atoms with Crippen LogP contribution in [0.4, 0.5) is 0 Å². The summed E-state index contributed by atoms with van der Waals surface area (Å²) in [7, 11) is 0. The molecule has 35 heteroatoms. The van der Waals surface area contributed by atoms with Gasteiger partial charge in [-0.15, -0.1) is 10.2 Å². The van der Waals surface area contributed by atoms with Gasteiger partial charge in [-0.3, -0.25) is 59.1 Å². The minimum Gasteiger partial charge on any atom is -0.478 e. The number of amides is 1. The van der Waals surface area contributed by atoms with Gasteiger partial charge in [-0.1, -0.05) is 82.4 Å². The number of carbonyl (C=O) groups is 2. The van der Waals surface area contributed by atoms with Crippen LogP contribution in [0.1, 0.15) is 65.2 Å². The monoisotopic (exact) mass is 1320 g/mol. The van der Waals surface area contributed by atoms with E-state index in [1.807, 2.05) is 59.3 Å². The maximum atomic E-state index is 12.4. The second kappa shape index (κ2) is 28.7. The number of nitrogens with one attached hydrogen (secondary N) is 12. The summed E-state index contributed by atoms with van der Waals surface area (Å²) < 4.78 is 2.44. The van der Waals surface area contributed by atoms with Gasteiger partial charge in [0.15, 0.2) is 17.6 Å². The first kappa shape index (κ1) is 66.8. The van der Waals surface area contributed by atoms with Crippen molar-refractivity contribution in [3.8, 4) is 21.1 Å². The Labute approximate surface area is 519 Å². The van der Waals surface area contributed by atoms with Crippen LogP contribution in [0.15, 0.2) is 67.0 Å². The first-order chi connectivity index (χ1) is 40.5. The number of aromatic amines is 9. The molecule has 0 aliphatic heterocycles. The average Bonchev–Trinajstić information content (AvgIpc) is 1.15. The molecule has 0 fully saturated rings. The number of thioether (sulfide) groups is 3. The molecule has 86 heavy (non-hydrogen) atoms. The smallest absolute Gasteiger partial charge is 0.338 e. The third kappa shape index (κ3) is 15.2. The minimum absolute atomic E-state index is 0.00773. The van der Waals surface area contributed by atoms with E-state index in [9.17, 15) is 47.9 Å². The number of hydrogen-bond donors (Lipinski definition) is 14. The molecule has 15 N–H and O–H groups in total. The van der Waals surface area contributed by atoms with E-state index in [0.29, 0.717) is 61.8 Å². The predicted molar refractivity (Wildman–Crippen MR) is 353 cm³/mol. The molecule has 10 rings (SSSR count). The molecular weight excluding hydrogens is 1270 g/mol. The number of rotatable bonds is 5. The molecule has 0 radical (unpaired) electrons. The van der Waals surface area contributed by atoms with Crippen LogP contribution in [0, 0.1) is 59.3 Å². The number of carbonyl (C=O) groups excluding carboxylic acids is 1. The Balaban J connectivity index is 0.000000178. The van der Waals surface area contributed by atoms with Gasteiger partial charge in [-0.25, -0.2) is 10.6 Å². The minimum atomic E-state index is -1.14. The topological polar surface area (TPSA) is 434 Å². The van der Waals surface area contributed by atoms with Crippen molar-refractivity contribution in [2.24, 2.45) is 5.84 Å². The summed E-state index contributed by atoms with van der Waals surface area (Å²) in [5, 5.41) is 25.7. The summed E-state index contributed by atoms with van der Waals surface area (Å²) in [5.41, 5.74) is 13.7. The summed E-state index contributed by atoms with van der Waals surface area (Å²) >= 11 is 21.6. The summed E-state index contributed by atoms with van der Waals surface area (Å²) in [6.07, 6.45) is 5.57. The van der Waals surface area contributed by atoms with Gasteiger partial charge in [0.1, 0.15) is 9.33 Å². The molecule has 450 valence electrons. The highest BCUT2D eigenvalue weighted by molar-refractivity contribution is 8.22. The van der Waals surface area contributed by atoms with Gasteiger partial charge in [0, 0.05) is 11.1 Å². The summed E-state index contributed by atoms with van der Waals surface area (Å²) in [4.78, 5) is 135. The van der Waals surface area contributed by atoms with E-state index in [2.05, 4.69) is 88.8 Å². The van der Waals surface area contributed by atoms with E-state index in [1.165, 1.54) is 58.0 Å². The predicted octanol–water partition coefficient (Wildman–Crippen LogP) is 5.43. The molecule has 0 unspecified atom stereocenters. The Morgan fingerprint density at radius 1 is 0.512 bits per heavy atom. The van der Waals surface area contributed by atoms with E-state index < -0.39 is 56.4 Å². The van der Waals surface area contributed by atoms with Crippen LogP contribution in [-0.2, 0) is 0 Å². The molecular formula is C51H52N16O11S8. The van der Waals surface area contributed by atoms with Crippen molar-refractivity contribution in [1.29, 1.82) is 0 Å². The van der Waals surface area contributed by atoms with Crippen molar-refractivity contribution in [2.75, 3.05) is 18.8 Å². The molecule has 0 atom stereocenters. The van der Waals surface area contributed by atoms with Crippen molar-refractivity contribution >= 4 is 159 Å². The number of thiocarbonyl (C=S) groups is 2. The number of nitrogens with two attached hydrogens (primary N) is 1. The molecule has 0 bridgehead atoms. The standard InChI is InChI=1S/C13H14N4O3S2.C13H12N4O2S2.C12H10N4O2S2.C11H10N2O4.C2H6N2S2/c1-5-4-7-9(15-12(20)11(19)14-7)8(6(5)2)10(18)16-17-13(21)22-3;1-5-4-7-9(15-11(19)10(18)14-7)8(6(5)2)12-16-17-13(20-3)21-12;1-4-3-6-8(14-10(18)9(17)13-6)7(5(4)2)11-15-16-12(19)20-11;1-4-3-6-8(7(5(4)2)11(16)17)13-10(15)9(14)12-6;1-6-2(5)4-3/h4H,1-3H3,(H,14,19)(H,15,20)(H,16,18)(H,17,21);4H,1-3H3,(H,14,18)(H,15,19);3H,1-2H3,(H,13,17)(H,14,18)(H,16,19);3H,1-2H3,(H,12,14)(H,13,15)(H,16,17);3H2,1H3,(H,4,5). The number of fused-ring (bicyclic) bond motifs is 4. The van der Waals surface area contributed by atoms with E-state index in [0.717, 1.165) is 53.9 Å². The second-order valence-corrected chi connectivity index (χ2v) is 24.8. The summed E-state index contributed by atoms with van der Waals surface area (Å²) in [5.74, 6) is 3.28. The van der Waals surface area contributed by atoms with Gasteiger partial charge >= 0.3 is 50.4 Å². The van der Waals surface area contributed by atoms with Crippen LogP contribution in [-0.4, -0.2) is 105 Å². The van der Waals surface area contributed by atoms with Crippen LogP contribution >= 0.6 is 94.6 Å². The molecule has 10 aromatic rings. The third-order valence-corrected chi connectivity index (χ3v) is 18.0. The molecule has 0 saturated heterocycles. The first-order valence-corrected chi connectivity index (χ1v) is 31.0. The highest BCUT2D eigenvalue weighted by Crippen LogP contribution is 2.36. The zero-order valence-electron chi connectivity index (χ0n) is 47.0. The summed E-state index contributed by atoms with van der Waals surface area (Å²) in [6.45, 7) is 14.8. The normalized spacial score (nSPS) is 10.7. The number of H-pyrrole nitrogens is 9. The number of carboxylic acid groups (broad SMARTS) is 1. The SMILES string of the molecule is CSC(=S)NN.CSC(=S)NNC(=O)c1c(C)c(C)cc2[nH]c(=O)c(=O)[nH]c12.CSc1nnc(-c2c(C)c(C)cc3[nH]c(=O)c(=O)[nH]c23)s1.Cc1cc2[nH]c(=O)c(=O)[nH]c2c(-c2n[nH]c(=S)s2)c1C.Cc1cc2[nH]c(=O)c(=O)[nH]c2c(C(=O)O)c1C. The number of carboxylic acids is 1. The molecule has 4 aromatic carbocycles. The van der Waals surface area contributed by atoms with Crippen molar-refractivity contribution in [3.05, 3.63) is 167 Å². The number of aromatic nitrogens is 12. The zero-order chi connectivity index (χ0) is 63.8. The van der Waals surface area contributed by atoms with Gasteiger partial charge in [-0.2, -0.15) is 5.10 Å². The molecule has 0 saturated carbocycles. The van der Waals surface area contributed by atoms with Crippen LogP contribution in [0.2, 0.25) is 0 Å². The maximum absolute atomic E-state index is 12.4. The fourth-order valence-electron chi connectivity index (χ4n) is 8.07. The van der Waals surface area contributed by atoms with Crippen LogP contribution in [0.3, 0.4) is 0 Å². The number of aromatic carboxylic acids is 1. The molecule has 27 nitrogen and oxygen atoms in total. The first-order valence-electron chi connectivity index (χ1n) is 24.5. The molecule has 0 spiro atoms. The maximum Gasteiger partial charge on any atom is 0.338 e. The average molecular weight is 1320 g/mol. The van der Waals surface area contributed by atoms with Crippen LogP contribution in [0.25, 0.3) is 65.3 Å². The van der Waals surface area contributed by atoms with Crippen LogP contribution < -0.4 is 66.6 Å². The van der Waals surface area contributed by atoms with E-state index >= 15 is 0 Å². The van der Waals surface area contributed by atoms with Gasteiger partial charge in [0.2, 0.25) is 0 Å². The molecule has 0 aliphatic carbocycles. The Bertz CT molecular complexity index is 4930. The number of hydrazine groups is 2. The fraction of sp³-hybridized carbons (Fsp3) is 0.216. The van der Waals surface area contributed by atoms with Crippen molar-refractivity contribution in [1.82, 2.24) is 76.5 Å². The molecule has 6 aromatic heterocycles.